The van der Waals surface area contributed by atoms with Gasteiger partial charge in [0, 0.05) is 27.5 Å². The van der Waals surface area contributed by atoms with E-state index in [2.05, 4.69) is 22.0 Å². The number of aryl methyl sites for hydroxylation is 2. The van der Waals surface area contributed by atoms with Gasteiger partial charge < -0.3 is 16.0 Å². The van der Waals surface area contributed by atoms with Crippen LogP contribution in [0.5, 0.6) is 0 Å². The summed E-state index contributed by atoms with van der Waals surface area (Å²) in [5.74, 6) is -0.836. The Bertz CT molecular complexity index is 1390. The van der Waals surface area contributed by atoms with E-state index in [9.17, 15) is 14.9 Å². The smallest absolute Gasteiger partial charge is 0.254 e. The van der Waals surface area contributed by atoms with Crippen molar-refractivity contribution in [3.63, 3.8) is 0 Å². The molecule has 3 N–H and O–H groups in total. The summed E-state index contributed by atoms with van der Waals surface area (Å²) in [6.45, 7) is 5.75. The van der Waals surface area contributed by atoms with Crippen LogP contribution in [0.15, 0.2) is 87.9 Å². The van der Waals surface area contributed by atoms with Gasteiger partial charge in [-0.2, -0.15) is 5.26 Å². The zero-order valence-electron chi connectivity index (χ0n) is 20.2. The molecule has 36 heavy (non-hydrogen) atoms. The minimum absolute atomic E-state index is 0.122. The van der Waals surface area contributed by atoms with Crippen LogP contribution in [-0.4, -0.2) is 17.6 Å². The number of anilines is 2. The molecule has 182 valence electrons. The first-order valence-corrected chi connectivity index (χ1v) is 13.3. The maximum Gasteiger partial charge on any atom is 0.254 e. The van der Waals surface area contributed by atoms with Crippen molar-refractivity contribution in [2.24, 2.45) is 0 Å². The molecule has 2 amide bonds. The Kier molecular flexibility index (Phi) is 7.93. The van der Waals surface area contributed by atoms with Crippen molar-refractivity contribution in [1.82, 2.24) is 5.32 Å². The van der Waals surface area contributed by atoms with E-state index < -0.39 is 5.92 Å². The number of benzene rings is 2. The summed E-state index contributed by atoms with van der Waals surface area (Å²) in [6, 6.07) is 21.3. The van der Waals surface area contributed by atoms with Crippen molar-refractivity contribution in [1.29, 1.82) is 5.26 Å². The van der Waals surface area contributed by atoms with E-state index in [-0.39, 0.29) is 17.6 Å². The van der Waals surface area contributed by atoms with Gasteiger partial charge in [0.05, 0.1) is 28.3 Å². The third kappa shape index (κ3) is 5.70. The molecule has 0 aliphatic carbocycles. The topological polar surface area (TPSA) is 94.0 Å². The lowest BCUT2D eigenvalue weighted by molar-refractivity contribution is -0.114. The Hall–Kier alpha value is -3.80. The molecule has 0 radical (unpaired) electrons. The van der Waals surface area contributed by atoms with E-state index in [0.717, 1.165) is 21.7 Å². The Labute approximate surface area is 219 Å². The Morgan fingerprint density at radius 2 is 1.83 bits per heavy atom. The molecule has 4 rings (SSSR count). The van der Waals surface area contributed by atoms with Crippen molar-refractivity contribution in [3.8, 4) is 6.07 Å². The number of para-hydroxylation sites is 1. The van der Waals surface area contributed by atoms with Gasteiger partial charge >= 0.3 is 0 Å². The van der Waals surface area contributed by atoms with Gasteiger partial charge in [-0.25, -0.2) is 0 Å². The minimum Gasteiger partial charge on any atom is -0.353 e. The molecule has 1 atom stereocenters. The first-order chi connectivity index (χ1) is 17.4. The number of amides is 2. The summed E-state index contributed by atoms with van der Waals surface area (Å²) in [6.07, 6.45) is 0. The lowest BCUT2D eigenvalue weighted by Gasteiger charge is -2.29. The Morgan fingerprint density at radius 1 is 1.06 bits per heavy atom. The summed E-state index contributed by atoms with van der Waals surface area (Å²) in [5.41, 5.74) is 5.06. The molecule has 2 heterocycles. The molecule has 0 fully saturated rings. The number of hydrogen-bond donors (Lipinski definition) is 3. The maximum atomic E-state index is 13.4. The highest BCUT2D eigenvalue weighted by Crippen LogP contribution is 2.42. The van der Waals surface area contributed by atoms with Gasteiger partial charge in [-0.05, 0) is 61.5 Å². The third-order valence-corrected chi connectivity index (χ3v) is 7.72. The highest BCUT2D eigenvalue weighted by Gasteiger charge is 2.35. The number of thioether (sulfide) groups is 1. The number of carbonyl (C=O) groups is 2. The molecule has 6 nitrogen and oxygen atoms in total. The van der Waals surface area contributed by atoms with E-state index in [1.807, 2.05) is 86.8 Å². The molecule has 1 aromatic heterocycles. The second kappa shape index (κ2) is 11.3. The van der Waals surface area contributed by atoms with Gasteiger partial charge in [-0.3, -0.25) is 9.59 Å². The SMILES string of the molecule is CC1=C(C(=O)Nc2ccccc2)[C@@H](c2cccs2)C(C#N)=C(SCC(=O)Nc2cc(C)ccc2C)N1. The summed E-state index contributed by atoms with van der Waals surface area (Å²) in [5, 5.41) is 21.8. The van der Waals surface area contributed by atoms with Crippen LogP contribution in [0, 0.1) is 25.2 Å². The summed E-state index contributed by atoms with van der Waals surface area (Å²) in [4.78, 5) is 27.0. The summed E-state index contributed by atoms with van der Waals surface area (Å²) >= 11 is 2.76. The van der Waals surface area contributed by atoms with E-state index in [4.69, 9.17) is 0 Å². The number of rotatable bonds is 7. The fourth-order valence-corrected chi connectivity index (χ4v) is 5.72. The first kappa shape index (κ1) is 25.3. The summed E-state index contributed by atoms with van der Waals surface area (Å²) in [7, 11) is 0. The highest BCUT2D eigenvalue weighted by atomic mass is 32.2. The molecule has 1 aliphatic heterocycles. The predicted molar refractivity (Wildman–Crippen MR) is 148 cm³/mol. The number of dihydropyridines is 1. The van der Waals surface area contributed by atoms with Crippen LogP contribution in [0.4, 0.5) is 11.4 Å². The lowest BCUT2D eigenvalue weighted by Crippen LogP contribution is -2.30. The van der Waals surface area contributed by atoms with Gasteiger partial charge in [0.15, 0.2) is 0 Å². The number of nitrogens with zero attached hydrogens (tertiary/aromatic N) is 1. The van der Waals surface area contributed by atoms with Crippen molar-refractivity contribution in [2.45, 2.75) is 26.7 Å². The van der Waals surface area contributed by atoms with Crippen LogP contribution < -0.4 is 16.0 Å². The molecule has 8 heteroatoms. The Balaban J connectivity index is 1.58. The van der Waals surface area contributed by atoms with Crippen LogP contribution >= 0.6 is 23.1 Å². The molecule has 0 saturated carbocycles. The minimum atomic E-state index is -0.524. The standard InChI is InChI=1S/C28H26N4O2S2/c1-17-11-12-18(2)22(14-17)32-24(33)16-36-28-21(15-29)26(23-10-7-13-35-23)25(19(3)30-28)27(34)31-20-8-5-4-6-9-20/h4-14,26,30H,16H2,1-3H3,(H,31,34)(H,32,33)/t26-/m1/s1. The molecular weight excluding hydrogens is 488 g/mol. The second-order valence-electron chi connectivity index (χ2n) is 8.44. The molecular formula is C28H26N4O2S2. The van der Waals surface area contributed by atoms with E-state index in [0.29, 0.717) is 27.6 Å². The average molecular weight is 515 g/mol. The molecule has 0 saturated heterocycles. The predicted octanol–water partition coefficient (Wildman–Crippen LogP) is 6.07. The maximum absolute atomic E-state index is 13.4. The number of nitrogens with one attached hydrogen (secondary N) is 3. The number of allylic oxidation sites excluding steroid dienone is 2. The molecule has 0 bridgehead atoms. The number of thiophene rings is 1. The quantitative estimate of drug-likeness (QED) is 0.356. The van der Waals surface area contributed by atoms with E-state index in [1.54, 1.807) is 0 Å². The fourth-order valence-electron chi connectivity index (χ4n) is 3.98. The zero-order chi connectivity index (χ0) is 25.7. The van der Waals surface area contributed by atoms with E-state index >= 15 is 0 Å². The van der Waals surface area contributed by atoms with Crippen LogP contribution in [-0.2, 0) is 9.59 Å². The van der Waals surface area contributed by atoms with Crippen LogP contribution in [0.2, 0.25) is 0 Å². The second-order valence-corrected chi connectivity index (χ2v) is 10.4. The first-order valence-electron chi connectivity index (χ1n) is 11.4. The van der Waals surface area contributed by atoms with Crippen LogP contribution in [0.1, 0.15) is 28.8 Å². The van der Waals surface area contributed by atoms with Crippen molar-refractivity contribution >= 4 is 46.3 Å². The average Bonchev–Trinajstić information content (AvgIpc) is 3.39. The monoisotopic (exact) mass is 514 g/mol. The number of nitriles is 1. The van der Waals surface area contributed by atoms with Crippen LogP contribution in [0.3, 0.4) is 0 Å². The van der Waals surface area contributed by atoms with Crippen molar-refractivity contribution in [2.75, 3.05) is 16.4 Å². The molecule has 2 aromatic carbocycles. The van der Waals surface area contributed by atoms with Gasteiger partial charge in [-0.15, -0.1) is 11.3 Å². The number of hydrogen-bond acceptors (Lipinski definition) is 6. The Morgan fingerprint density at radius 3 is 2.53 bits per heavy atom. The van der Waals surface area contributed by atoms with Crippen molar-refractivity contribution < 1.29 is 9.59 Å². The van der Waals surface area contributed by atoms with Gasteiger partial charge in [0.1, 0.15) is 0 Å². The highest BCUT2D eigenvalue weighted by molar-refractivity contribution is 8.03. The van der Waals surface area contributed by atoms with Crippen molar-refractivity contribution in [3.05, 3.63) is 104 Å². The van der Waals surface area contributed by atoms with Gasteiger partial charge in [0.2, 0.25) is 5.91 Å². The van der Waals surface area contributed by atoms with E-state index in [1.165, 1.54) is 23.1 Å². The van der Waals surface area contributed by atoms with Gasteiger partial charge in [-0.1, -0.05) is 48.2 Å². The normalized spacial score (nSPS) is 15.2. The van der Waals surface area contributed by atoms with Gasteiger partial charge in [0.25, 0.3) is 5.91 Å². The molecule has 3 aromatic rings. The number of carbonyl (C=O) groups excluding carboxylic acids is 2. The summed E-state index contributed by atoms with van der Waals surface area (Å²) < 4.78 is 0. The fraction of sp³-hybridized carbons (Fsp3) is 0.179. The zero-order valence-corrected chi connectivity index (χ0v) is 21.8. The molecule has 0 spiro atoms. The largest absolute Gasteiger partial charge is 0.353 e. The third-order valence-electron chi connectivity index (χ3n) is 5.77. The molecule has 1 aliphatic rings. The lowest BCUT2D eigenvalue weighted by atomic mass is 9.86. The molecule has 0 unspecified atom stereocenters. The van der Waals surface area contributed by atoms with Crippen LogP contribution in [0.25, 0.3) is 0 Å².